The number of hydrogen-bond acceptors (Lipinski definition) is 6. The third-order valence-corrected chi connectivity index (χ3v) is 4.36. The fourth-order valence-electron chi connectivity index (χ4n) is 3.14. The Hall–Kier alpha value is -3.48. The summed E-state index contributed by atoms with van der Waals surface area (Å²) in [4.78, 5) is 11.3. The molecule has 3 aromatic carbocycles. The average molecular weight is 369 g/mol. The van der Waals surface area contributed by atoms with Crippen molar-refractivity contribution in [3.05, 3.63) is 52.6 Å². The Bertz CT molecular complexity index is 1020. The highest BCUT2D eigenvalue weighted by Gasteiger charge is 2.26. The lowest BCUT2D eigenvalue weighted by molar-refractivity contribution is -0.384. The van der Waals surface area contributed by atoms with Gasteiger partial charge in [-0.1, -0.05) is 24.3 Å². The molecule has 0 amide bonds. The van der Waals surface area contributed by atoms with Crippen LogP contribution >= 0.6 is 0 Å². The quantitative estimate of drug-likeness (QED) is 0.472. The first-order valence-corrected chi connectivity index (χ1v) is 8.10. The van der Waals surface area contributed by atoms with Crippen molar-refractivity contribution in [2.24, 2.45) is 0 Å². The minimum Gasteiger partial charge on any atom is -0.493 e. The van der Waals surface area contributed by atoms with Gasteiger partial charge in [0.05, 0.1) is 45.0 Å². The van der Waals surface area contributed by atoms with Crippen LogP contribution in [0.15, 0.2) is 42.5 Å². The van der Waals surface area contributed by atoms with Crippen molar-refractivity contribution in [1.82, 2.24) is 0 Å². The van der Waals surface area contributed by atoms with Crippen molar-refractivity contribution in [1.29, 1.82) is 0 Å². The first-order valence-electron chi connectivity index (χ1n) is 8.10. The first-order chi connectivity index (χ1) is 13.0. The second kappa shape index (κ2) is 7.41. The number of rotatable bonds is 6. The van der Waals surface area contributed by atoms with E-state index >= 15 is 0 Å². The molecule has 3 rings (SSSR count). The topological polar surface area (TPSA) is 80.1 Å². The van der Waals surface area contributed by atoms with Gasteiger partial charge in [0.2, 0.25) is 0 Å². The van der Waals surface area contributed by atoms with Gasteiger partial charge in [-0.2, -0.15) is 0 Å². The zero-order valence-electron chi connectivity index (χ0n) is 15.4. The van der Waals surface area contributed by atoms with Crippen molar-refractivity contribution in [2.75, 3.05) is 28.4 Å². The summed E-state index contributed by atoms with van der Waals surface area (Å²) in [5.74, 6) is 1.55. The molecule has 0 aliphatic carbocycles. The number of methoxy groups -OCH3 is 4. The van der Waals surface area contributed by atoms with E-state index in [4.69, 9.17) is 18.9 Å². The van der Waals surface area contributed by atoms with E-state index in [1.54, 1.807) is 6.07 Å². The van der Waals surface area contributed by atoms with Gasteiger partial charge >= 0.3 is 0 Å². The normalized spacial score (nSPS) is 10.5. The van der Waals surface area contributed by atoms with Crippen LogP contribution in [0.25, 0.3) is 21.9 Å². The summed E-state index contributed by atoms with van der Waals surface area (Å²) < 4.78 is 21.6. The Balaban J connectivity index is 2.49. The molecular weight excluding hydrogens is 350 g/mol. The molecule has 0 atom stereocenters. The molecule has 0 unspecified atom stereocenters. The molecule has 140 valence electrons. The zero-order chi connectivity index (χ0) is 19.6. The van der Waals surface area contributed by atoms with Gasteiger partial charge in [0.1, 0.15) is 0 Å². The van der Waals surface area contributed by atoms with Gasteiger partial charge in [-0.05, 0) is 22.9 Å². The van der Waals surface area contributed by atoms with E-state index in [2.05, 4.69) is 0 Å². The van der Waals surface area contributed by atoms with Crippen LogP contribution in [-0.2, 0) is 0 Å². The van der Waals surface area contributed by atoms with E-state index in [1.807, 2.05) is 30.3 Å². The smallest absolute Gasteiger partial charge is 0.281 e. The van der Waals surface area contributed by atoms with E-state index in [-0.39, 0.29) is 11.4 Å². The average Bonchev–Trinajstić information content (AvgIpc) is 2.70. The minimum atomic E-state index is -0.453. The van der Waals surface area contributed by atoms with Gasteiger partial charge in [-0.15, -0.1) is 0 Å². The maximum absolute atomic E-state index is 11.8. The van der Waals surface area contributed by atoms with Crippen LogP contribution in [0.5, 0.6) is 23.0 Å². The summed E-state index contributed by atoms with van der Waals surface area (Å²) in [6.45, 7) is 0. The zero-order valence-corrected chi connectivity index (χ0v) is 15.4. The lowest BCUT2D eigenvalue weighted by Gasteiger charge is -2.17. The molecule has 3 aromatic rings. The van der Waals surface area contributed by atoms with Crippen molar-refractivity contribution >= 4 is 16.5 Å². The highest BCUT2D eigenvalue weighted by atomic mass is 16.6. The van der Waals surface area contributed by atoms with Crippen LogP contribution in [-0.4, -0.2) is 33.4 Å². The SMILES string of the molecule is COc1cc(-c2c(OC)c(OC)cc3ccccc23)c([N+](=O)[O-])cc1OC. The molecule has 0 aliphatic heterocycles. The predicted molar refractivity (Wildman–Crippen MR) is 102 cm³/mol. The second-order valence-electron chi connectivity index (χ2n) is 5.69. The van der Waals surface area contributed by atoms with Gasteiger partial charge in [0.25, 0.3) is 5.69 Å². The number of nitro benzene ring substituents is 1. The Kier molecular flexibility index (Phi) is 5.03. The van der Waals surface area contributed by atoms with E-state index in [9.17, 15) is 10.1 Å². The molecule has 0 spiro atoms. The van der Waals surface area contributed by atoms with Crippen LogP contribution in [0.4, 0.5) is 5.69 Å². The summed E-state index contributed by atoms with van der Waals surface area (Å²) in [6, 6.07) is 12.3. The number of ether oxygens (including phenoxy) is 4. The van der Waals surface area contributed by atoms with Crippen molar-refractivity contribution < 1.29 is 23.9 Å². The number of hydrogen-bond donors (Lipinski definition) is 0. The van der Waals surface area contributed by atoms with Gasteiger partial charge in [-0.25, -0.2) is 0 Å². The van der Waals surface area contributed by atoms with Crippen molar-refractivity contribution in [3.63, 3.8) is 0 Å². The molecule has 0 fully saturated rings. The molecular formula is C20H19NO6. The van der Waals surface area contributed by atoms with Crippen molar-refractivity contribution in [3.8, 4) is 34.1 Å². The van der Waals surface area contributed by atoms with Gasteiger partial charge in [0.15, 0.2) is 23.0 Å². The summed E-state index contributed by atoms with van der Waals surface area (Å²) in [7, 11) is 5.94. The Morgan fingerprint density at radius 3 is 2.04 bits per heavy atom. The Morgan fingerprint density at radius 2 is 1.44 bits per heavy atom. The van der Waals surface area contributed by atoms with Crippen LogP contribution < -0.4 is 18.9 Å². The van der Waals surface area contributed by atoms with E-state index in [0.29, 0.717) is 28.4 Å². The third kappa shape index (κ3) is 3.08. The molecule has 7 heteroatoms. The summed E-state index contributed by atoms with van der Waals surface area (Å²) >= 11 is 0. The molecule has 27 heavy (non-hydrogen) atoms. The molecule has 0 aromatic heterocycles. The highest BCUT2D eigenvalue weighted by Crippen LogP contribution is 2.49. The fraction of sp³-hybridized carbons (Fsp3) is 0.200. The maximum atomic E-state index is 11.8. The van der Waals surface area contributed by atoms with Gasteiger partial charge in [-0.3, -0.25) is 10.1 Å². The molecule has 0 aliphatic rings. The molecule has 0 heterocycles. The van der Waals surface area contributed by atoms with E-state index in [0.717, 1.165) is 10.8 Å². The van der Waals surface area contributed by atoms with Gasteiger partial charge < -0.3 is 18.9 Å². The summed E-state index contributed by atoms with van der Waals surface area (Å²) in [5.41, 5.74) is 0.786. The standard InChI is InChI=1S/C20H19NO6/c1-24-16-10-14(15(21(22)23)11-17(16)25-2)19-13-8-6-5-7-12(13)9-18(26-3)20(19)27-4/h5-11H,1-4H3. The van der Waals surface area contributed by atoms with Gasteiger partial charge in [0, 0.05) is 5.56 Å². The third-order valence-electron chi connectivity index (χ3n) is 4.36. The van der Waals surface area contributed by atoms with Crippen LogP contribution in [0.2, 0.25) is 0 Å². The minimum absolute atomic E-state index is 0.121. The number of nitrogens with zero attached hydrogens (tertiary/aromatic N) is 1. The predicted octanol–water partition coefficient (Wildman–Crippen LogP) is 4.45. The fourth-order valence-corrected chi connectivity index (χ4v) is 3.14. The molecule has 0 saturated heterocycles. The summed E-state index contributed by atoms with van der Waals surface area (Å²) in [6.07, 6.45) is 0. The Morgan fingerprint density at radius 1 is 0.815 bits per heavy atom. The van der Waals surface area contributed by atoms with Crippen LogP contribution in [0, 0.1) is 10.1 Å². The largest absolute Gasteiger partial charge is 0.493 e. The molecule has 7 nitrogen and oxygen atoms in total. The van der Waals surface area contributed by atoms with E-state index in [1.165, 1.54) is 34.5 Å². The lowest BCUT2D eigenvalue weighted by Crippen LogP contribution is -2.00. The molecule has 0 saturated carbocycles. The first kappa shape index (κ1) is 18.3. The number of benzene rings is 3. The van der Waals surface area contributed by atoms with Crippen LogP contribution in [0.1, 0.15) is 0 Å². The van der Waals surface area contributed by atoms with Crippen LogP contribution in [0.3, 0.4) is 0 Å². The maximum Gasteiger partial charge on any atom is 0.281 e. The number of nitro groups is 1. The lowest BCUT2D eigenvalue weighted by atomic mass is 9.95. The molecule has 0 radical (unpaired) electrons. The Labute approximate surface area is 156 Å². The number of fused-ring (bicyclic) bond motifs is 1. The monoisotopic (exact) mass is 369 g/mol. The molecule has 0 N–H and O–H groups in total. The second-order valence-corrected chi connectivity index (χ2v) is 5.69. The van der Waals surface area contributed by atoms with E-state index < -0.39 is 4.92 Å². The molecule has 0 bridgehead atoms. The van der Waals surface area contributed by atoms with Crippen molar-refractivity contribution in [2.45, 2.75) is 0 Å². The summed E-state index contributed by atoms with van der Waals surface area (Å²) in [5, 5.41) is 13.5. The highest BCUT2D eigenvalue weighted by molar-refractivity contribution is 6.04.